The zero-order chi connectivity index (χ0) is 45.6. The highest BCUT2D eigenvalue weighted by Gasteiger charge is 2.21. The number of nitrogens with zero attached hydrogens (tertiary/aromatic N) is 6. The number of nitrogens with one attached hydrogen (secondary N) is 2. The normalized spacial score (nSPS) is 12.7. The first kappa shape index (κ1) is 46.3. The lowest BCUT2D eigenvalue weighted by atomic mass is 10.1. The van der Waals surface area contributed by atoms with E-state index in [1.165, 1.54) is 21.5 Å². The summed E-state index contributed by atoms with van der Waals surface area (Å²) in [6.45, 7) is 3.07. The van der Waals surface area contributed by atoms with Gasteiger partial charge in [0.05, 0.1) is 82.8 Å². The van der Waals surface area contributed by atoms with Crippen molar-refractivity contribution in [2.45, 2.75) is 46.2 Å². The van der Waals surface area contributed by atoms with Crippen molar-refractivity contribution in [3.63, 3.8) is 0 Å². The number of amides is 2. The molecule has 6 aromatic rings. The lowest BCUT2D eigenvalue weighted by Gasteiger charge is -2.15. The van der Waals surface area contributed by atoms with Gasteiger partial charge < -0.3 is 19.8 Å². The molecular weight excluding hydrogens is 853 g/mol. The summed E-state index contributed by atoms with van der Waals surface area (Å²) >= 11 is 0. The molecule has 6 rings (SSSR count). The van der Waals surface area contributed by atoms with Gasteiger partial charge in [-0.15, -0.1) is 0 Å². The van der Waals surface area contributed by atoms with Crippen LogP contribution in [0.5, 0.6) is 0 Å². The summed E-state index contributed by atoms with van der Waals surface area (Å²) in [5.41, 5.74) is 4.09. The molecule has 0 aliphatic carbocycles. The summed E-state index contributed by atoms with van der Waals surface area (Å²) in [4.78, 5) is 73.6. The number of hydrogen-bond donors (Lipinski definition) is 2. The highest BCUT2D eigenvalue weighted by atomic mass is 32.2. The molecule has 4 heterocycles. The quantitative estimate of drug-likeness (QED) is 0.0546. The maximum atomic E-state index is 14.0. The van der Waals surface area contributed by atoms with E-state index in [4.69, 9.17) is 18.3 Å². The molecule has 20 heteroatoms. The van der Waals surface area contributed by atoms with Crippen molar-refractivity contribution in [2.24, 2.45) is 9.98 Å². The SMILES string of the molecule is CN=C(CCCC(Cn1cc(C(=O)NCCOS(C)(=O)=O)c2nc3c(C)cccc3cc2c1=O)=NC)Cn1cc(C(=O)NCCOS(C)(=O)=O)c2nc3c(C)cccc3cc2c1=O. The maximum absolute atomic E-state index is 14.0. The Bertz CT molecular complexity index is 2980. The molecule has 332 valence electrons. The van der Waals surface area contributed by atoms with Crippen LogP contribution in [-0.2, 0) is 41.7 Å². The van der Waals surface area contributed by atoms with Crippen molar-refractivity contribution in [1.82, 2.24) is 29.7 Å². The third kappa shape index (κ3) is 11.2. The van der Waals surface area contributed by atoms with E-state index in [-0.39, 0.29) is 83.4 Å². The first-order chi connectivity index (χ1) is 29.9. The molecule has 0 radical (unpaired) electrons. The third-order valence-electron chi connectivity index (χ3n) is 10.3. The topological polar surface area (TPSA) is 239 Å². The summed E-state index contributed by atoms with van der Waals surface area (Å²) in [5, 5.41) is 7.20. The van der Waals surface area contributed by atoms with Gasteiger partial charge in [-0.25, -0.2) is 9.97 Å². The van der Waals surface area contributed by atoms with Gasteiger partial charge in [0.25, 0.3) is 43.2 Å². The molecule has 0 saturated carbocycles. The largest absolute Gasteiger partial charge is 0.350 e. The predicted octanol–water partition coefficient (Wildman–Crippen LogP) is 3.45. The van der Waals surface area contributed by atoms with Crippen LogP contribution in [-0.4, -0.2) is 112 Å². The van der Waals surface area contributed by atoms with E-state index in [9.17, 15) is 36.0 Å². The number of benzene rings is 2. The van der Waals surface area contributed by atoms with Crippen LogP contribution in [0.4, 0.5) is 0 Å². The Morgan fingerprint density at radius 3 is 1.41 bits per heavy atom. The van der Waals surface area contributed by atoms with E-state index in [1.807, 2.05) is 50.2 Å². The molecule has 63 heavy (non-hydrogen) atoms. The second-order valence-electron chi connectivity index (χ2n) is 15.0. The van der Waals surface area contributed by atoms with E-state index >= 15 is 0 Å². The predicted molar refractivity (Wildman–Crippen MR) is 243 cm³/mol. The van der Waals surface area contributed by atoms with Crippen LogP contribution in [0.2, 0.25) is 0 Å². The minimum Gasteiger partial charge on any atom is -0.350 e. The molecule has 2 amide bonds. The monoisotopic (exact) mass is 900 g/mol. The Morgan fingerprint density at radius 2 is 1.05 bits per heavy atom. The Balaban J connectivity index is 1.23. The van der Waals surface area contributed by atoms with Crippen molar-refractivity contribution >= 4 is 87.1 Å². The Hall–Kier alpha value is -6.22. The average Bonchev–Trinajstić information content (AvgIpc) is 3.23. The molecular formula is C43H48N8O10S2. The van der Waals surface area contributed by atoms with Gasteiger partial charge in [0.1, 0.15) is 0 Å². The summed E-state index contributed by atoms with van der Waals surface area (Å²) in [6, 6.07) is 14.5. The number of fused-ring (bicyclic) bond motifs is 4. The average molecular weight is 901 g/mol. The van der Waals surface area contributed by atoms with Gasteiger partial charge in [-0.3, -0.25) is 37.5 Å². The van der Waals surface area contributed by atoms with Gasteiger partial charge in [0.15, 0.2) is 0 Å². The number of aromatic nitrogens is 4. The number of para-hydroxylation sites is 2. The molecule has 0 saturated heterocycles. The van der Waals surface area contributed by atoms with Gasteiger partial charge in [-0.1, -0.05) is 36.4 Å². The molecule has 0 unspecified atom stereocenters. The number of pyridine rings is 4. The van der Waals surface area contributed by atoms with Crippen LogP contribution in [0.25, 0.3) is 43.6 Å². The number of aryl methyl sites for hydroxylation is 2. The van der Waals surface area contributed by atoms with Gasteiger partial charge in [-0.2, -0.15) is 16.8 Å². The van der Waals surface area contributed by atoms with E-state index in [0.717, 1.165) is 34.4 Å². The van der Waals surface area contributed by atoms with Crippen molar-refractivity contribution < 1.29 is 34.8 Å². The van der Waals surface area contributed by atoms with Crippen LogP contribution < -0.4 is 21.8 Å². The minimum absolute atomic E-state index is 0.0471. The molecule has 0 aliphatic rings. The second-order valence-corrected chi connectivity index (χ2v) is 18.3. The van der Waals surface area contributed by atoms with Crippen LogP contribution in [0, 0.1) is 13.8 Å². The molecule has 0 atom stereocenters. The van der Waals surface area contributed by atoms with Crippen molar-refractivity contribution in [3.05, 3.63) is 104 Å². The zero-order valence-corrected chi connectivity index (χ0v) is 37.4. The van der Waals surface area contributed by atoms with Crippen molar-refractivity contribution in [1.29, 1.82) is 0 Å². The minimum atomic E-state index is -3.72. The Labute approximate surface area is 363 Å². The van der Waals surface area contributed by atoms with Gasteiger partial charge in [-0.05, 0) is 56.4 Å². The first-order valence-corrected chi connectivity index (χ1v) is 23.5. The first-order valence-electron chi connectivity index (χ1n) is 19.9. The van der Waals surface area contributed by atoms with Gasteiger partial charge in [0, 0.05) is 61.8 Å². The number of carbonyl (C=O) groups excluding carboxylic acids is 2. The van der Waals surface area contributed by atoms with Crippen LogP contribution in [0.1, 0.15) is 51.1 Å². The van der Waals surface area contributed by atoms with Gasteiger partial charge in [0.2, 0.25) is 0 Å². The van der Waals surface area contributed by atoms with Crippen LogP contribution in [0.15, 0.2) is 80.5 Å². The standard InChI is InChI=1S/C43H48N8O10S2/c1-26-10-7-12-28-20-32-38(48-36(26)28)34(40(52)46-16-18-60-62(5,56)57)24-50(42(32)54)22-30(44-3)14-9-15-31(45-4)23-51-25-35(41(53)47-17-19-61-63(6,58)59)39-33(43(51)55)21-29-13-8-11-27(2)37(29)49-39/h7-8,10-13,20-21,24-25H,9,14-19,22-23H2,1-6H3,(H,46,52)(H,47,53). The van der Waals surface area contributed by atoms with E-state index in [1.54, 1.807) is 26.2 Å². The van der Waals surface area contributed by atoms with E-state index < -0.39 is 32.1 Å². The Kier molecular flexibility index (Phi) is 14.3. The summed E-state index contributed by atoms with van der Waals surface area (Å²) < 4.78 is 58.1. The summed E-state index contributed by atoms with van der Waals surface area (Å²) in [6.07, 6.45) is 6.04. The summed E-state index contributed by atoms with van der Waals surface area (Å²) in [5.74, 6) is -1.15. The van der Waals surface area contributed by atoms with Crippen molar-refractivity contribution in [2.75, 3.05) is 52.9 Å². The molecule has 0 fully saturated rings. The molecule has 18 nitrogen and oxygen atoms in total. The van der Waals surface area contributed by atoms with Crippen molar-refractivity contribution in [3.8, 4) is 0 Å². The zero-order valence-electron chi connectivity index (χ0n) is 35.7. The lowest BCUT2D eigenvalue weighted by molar-refractivity contribution is 0.0940. The fourth-order valence-electron chi connectivity index (χ4n) is 7.18. The smallest absolute Gasteiger partial charge is 0.264 e. The number of aliphatic imine (C=N–C) groups is 2. The highest BCUT2D eigenvalue weighted by Crippen LogP contribution is 2.24. The number of rotatable bonds is 18. The van der Waals surface area contributed by atoms with E-state index in [2.05, 4.69) is 20.6 Å². The molecule has 4 aromatic heterocycles. The fraction of sp³-hybridized carbons (Fsp3) is 0.349. The number of carbonyl (C=O) groups is 2. The third-order valence-corrected chi connectivity index (χ3v) is 11.5. The Morgan fingerprint density at radius 1 is 0.651 bits per heavy atom. The van der Waals surface area contributed by atoms with E-state index in [0.29, 0.717) is 41.7 Å². The fourth-order valence-corrected chi connectivity index (χ4v) is 7.95. The molecule has 0 aliphatic heterocycles. The summed E-state index contributed by atoms with van der Waals surface area (Å²) in [7, 11) is -4.22. The lowest BCUT2D eigenvalue weighted by Crippen LogP contribution is -2.32. The van der Waals surface area contributed by atoms with Gasteiger partial charge >= 0.3 is 0 Å². The highest BCUT2D eigenvalue weighted by molar-refractivity contribution is 7.86. The van der Waals surface area contributed by atoms with Crippen LogP contribution in [0.3, 0.4) is 0 Å². The molecule has 2 N–H and O–H groups in total. The molecule has 0 bridgehead atoms. The van der Waals surface area contributed by atoms with Crippen LogP contribution >= 0.6 is 0 Å². The molecule has 2 aromatic carbocycles. The second kappa shape index (κ2) is 19.4. The number of hydrogen-bond acceptors (Lipinski definition) is 14. The maximum Gasteiger partial charge on any atom is 0.264 e. The molecule has 0 spiro atoms.